The second-order valence-corrected chi connectivity index (χ2v) is 4.45. The first kappa shape index (κ1) is 9.99. The Morgan fingerprint density at radius 2 is 2.21 bits per heavy atom. The summed E-state index contributed by atoms with van der Waals surface area (Å²) in [7, 11) is 1.69. The Morgan fingerprint density at radius 1 is 1.43 bits per heavy atom. The van der Waals surface area contributed by atoms with E-state index in [1.165, 1.54) is 25.1 Å². The summed E-state index contributed by atoms with van der Waals surface area (Å²) in [6, 6.07) is 6.28. The molecule has 3 heteroatoms. The monoisotopic (exact) mass is 255 g/mol. The molecule has 0 spiro atoms. The van der Waals surface area contributed by atoms with Crippen LogP contribution in [0.25, 0.3) is 0 Å². The van der Waals surface area contributed by atoms with Crippen molar-refractivity contribution in [3.8, 4) is 5.75 Å². The molecule has 0 amide bonds. The number of hydrogen-bond donors (Lipinski definition) is 0. The molecule has 1 saturated heterocycles. The van der Waals surface area contributed by atoms with Gasteiger partial charge in [-0.05, 0) is 53.1 Å². The molecular formula is C11H14BrNO. The van der Waals surface area contributed by atoms with Crippen LogP contribution in [0.1, 0.15) is 12.0 Å². The number of halogens is 1. The van der Waals surface area contributed by atoms with Crippen LogP contribution in [0.2, 0.25) is 0 Å². The lowest BCUT2D eigenvalue weighted by atomic mass is 10.1. The Hall–Kier alpha value is -0.540. The first-order valence-electron chi connectivity index (χ1n) is 4.84. The van der Waals surface area contributed by atoms with E-state index in [1.807, 2.05) is 6.07 Å². The molecule has 0 radical (unpaired) electrons. The Morgan fingerprint density at radius 3 is 2.71 bits per heavy atom. The first-order valence-corrected chi connectivity index (χ1v) is 5.63. The van der Waals surface area contributed by atoms with Crippen LogP contribution in [0.4, 0.5) is 0 Å². The maximum Gasteiger partial charge on any atom is 0.133 e. The lowest BCUT2D eigenvalue weighted by Crippen LogP contribution is -2.36. The fourth-order valence-corrected chi connectivity index (χ4v) is 2.19. The maximum absolute atomic E-state index is 5.18. The molecule has 0 aliphatic carbocycles. The molecule has 1 aromatic carbocycles. The fourth-order valence-electron chi connectivity index (χ4n) is 1.61. The van der Waals surface area contributed by atoms with Gasteiger partial charge in [0, 0.05) is 6.54 Å². The van der Waals surface area contributed by atoms with Crippen molar-refractivity contribution < 1.29 is 4.74 Å². The van der Waals surface area contributed by atoms with Gasteiger partial charge in [0.15, 0.2) is 0 Å². The van der Waals surface area contributed by atoms with Crippen molar-refractivity contribution >= 4 is 15.9 Å². The summed E-state index contributed by atoms with van der Waals surface area (Å²) in [4.78, 5) is 2.44. The van der Waals surface area contributed by atoms with Gasteiger partial charge < -0.3 is 4.74 Å². The molecule has 0 unspecified atom stereocenters. The molecule has 2 rings (SSSR count). The second kappa shape index (κ2) is 4.32. The van der Waals surface area contributed by atoms with Crippen LogP contribution in [0.15, 0.2) is 22.7 Å². The molecule has 0 N–H and O–H groups in total. The van der Waals surface area contributed by atoms with Crippen molar-refractivity contribution in [2.24, 2.45) is 0 Å². The van der Waals surface area contributed by atoms with Gasteiger partial charge in [-0.25, -0.2) is 0 Å². The molecule has 76 valence electrons. The van der Waals surface area contributed by atoms with E-state index in [9.17, 15) is 0 Å². The SMILES string of the molecule is COc1ccc(CN2CCC2)cc1Br. The number of likely N-dealkylation sites (tertiary alicyclic amines) is 1. The van der Waals surface area contributed by atoms with Crippen LogP contribution < -0.4 is 4.74 Å². The number of ether oxygens (including phenoxy) is 1. The number of hydrogen-bond acceptors (Lipinski definition) is 2. The highest BCUT2D eigenvalue weighted by Gasteiger charge is 2.14. The van der Waals surface area contributed by atoms with Gasteiger partial charge >= 0.3 is 0 Å². The Bertz CT molecular complexity index is 323. The quantitative estimate of drug-likeness (QED) is 0.824. The van der Waals surface area contributed by atoms with Crippen LogP contribution in [0, 0.1) is 0 Å². The van der Waals surface area contributed by atoms with Crippen LogP contribution in [0.3, 0.4) is 0 Å². The van der Waals surface area contributed by atoms with Crippen LogP contribution in [-0.2, 0) is 6.54 Å². The average Bonchev–Trinajstić information content (AvgIpc) is 2.12. The maximum atomic E-state index is 5.18. The number of nitrogens with zero attached hydrogens (tertiary/aromatic N) is 1. The molecule has 1 aromatic rings. The molecule has 2 nitrogen and oxygen atoms in total. The minimum atomic E-state index is 0.900. The summed E-state index contributed by atoms with van der Waals surface area (Å²) in [5.74, 6) is 0.900. The van der Waals surface area contributed by atoms with E-state index in [1.54, 1.807) is 7.11 Å². The topological polar surface area (TPSA) is 12.5 Å². The average molecular weight is 256 g/mol. The van der Waals surface area contributed by atoms with Crippen molar-refractivity contribution in [2.75, 3.05) is 20.2 Å². The van der Waals surface area contributed by atoms with E-state index in [-0.39, 0.29) is 0 Å². The number of methoxy groups -OCH3 is 1. The summed E-state index contributed by atoms with van der Waals surface area (Å²) in [6.07, 6.45) is 1.34. The van der Waals surface area contributed by atoms with Gasteiger partial charge in [-0.3, -0.25) is 4.90 Å². The third kappa shape index (κ3) is 2.10. The molecular weight excluding hydrogens is 242 g/mol. The minimum Gasteiger partial charge on any atom is -0.496 e. The Labute approximate surface area is 93.0 Å². The highest BCUT2D eigenvalue weighted by molar-refractivity contribution is 9.10. The molecule has 1 aliphatic heterocycles. The van der Waals surface area contributed by atoms with Crippen molar-refractivity contribution in [3.05, 3.63) is 28.2 Å². The lowest BCUT2D eigenvalue weighted by Gasteiger charge is -2.30. The molecule has 0 aromatic heterocycles. The molecule has 1 heterocycles. The van der Waals surface area contributed by atoms with E-state index in [4.69, 9.17) is 4.74 Å². The summed E-state index contributed by atoms with van der Waals surface area (Å²) in [6.45, 7) is 3.54. The van der Waals surface area contributed by atoms with Gasteiger partial charge in [0.05, 0.1) is 11.6 Å². The van der Waals surface area contributed by atoms with Crippen molar-refractivity contribution in [1.29, 1.82) is 0 Å². The van der Waals surface area contributed by atoms with E-state index in [0.717, 1.165) is 16.8 Å². The van der Waals surface area contributed by atoms with E-state index >= 15 is 0 Å². The molecule has 0 bridgehead atoms. The van der Waals surface area contributed by atoms with Gasteiger partial charge in [-0.15, -0.1) is 0 Å². The molecule has 1 aliphatic rings. The van der Waals surface area contributed by atoms with E-state index < -0.39 is 0 Å². The van der Waals surface area contributed by atoms with Gasteiger partial charge in [-0.2, -0.15) is 0 Å². The second-order valence-electron chi connectivity index (χ2n) is 3.60. The Kier molecular flexibility index (Phi) is 3.08. The number of rotatable bonds is 3. The zero-order chi connectivity index (χ0) is 9.97. The molecule has 0 atom stereocenters. The highest BCUT2D eigenvalue weighted by Crippen LogP contribution is 2.26. The summed E-state index contributed by atoms with van der Waals surface area (Å²) >= 11 is 3.49. The van der Waals surface area contributed by atoms with Crippen LogP contribution >= 0.6 is 15.9 Å². The molecule has 14 heavy (non-hydrogen) atoms. The fraction of sp³-hybridized carbons (Fsp3) is 0.455. The highest BCUT2D eigenvalue weighted by atomic mass is 79.9. The van der Waals surface area contributed by atoms with Crippen molar-refractivity contribution in [2.45, 2.75) is 13.0 Å². The van der Waals surface area contributed by atoms with E-state index in [2.05, 4.69) is 33.0 Å². The standard InChI is InChI=1S/C11H14BrNO/c1-14-11-4-3-9(7-10(11)12)8-13-5-2-6-13/h3-4,7H,2,5-6,8H2,1H3. The molecule has 0 saturated carbocycles. The number of benzene rings is 1. The third-order valence-electron chi connectivity index (χ3n) is 2.57. The zero-order valence-corrected chi connectivity index (χ0v) is 9.88. The predicted molar refractivity (Wildman–Crippen MR) is 60.6 cm³/mol. The zero-order valence-electron chi connectivity index (χ0n) is 8.29. The van der Waals surface area contributed by atoms with Crippen LogP contribution in [0.5, 0.6) is 5.75 Å². The normalized spacial score (nSPS) is 16.4. The van der Waals surface area contributed by atoms with Gasteiger partial charge in [0.1, 0.15) is 5.75 Å². The minimum absolute atomic E-state index is 0.900. The third-order valence-corrected chi connectivity index (χ3v) is 3.19. The van der Waals surface area contributed by atoms with Gasteiger partial charge in [0.25, 0.3) is 0 Å². The smallest absolute Gasteiger partial charge is 0.133 e. The van der Waals surface area contributed by atoms with Crippen LogP contribution in [-0.4, -0.2) is 25.1 Å². The van der Waals surface area contributed by atoms with Crippen molar-refractivity contribution in [1.82, 2.24) is 4.90 Å². The van der Waals surface area contributed by atoms with Gasteiger partial charge in [0.2, 0.25) is 0 Å². The van der Waals surface area contributed by atoms with Crippen molar-refractivity contribution in [3.63, 3.8) is 0 Å². The van der Waals surface area contributed by atoms with Gasteiger partial charge in [-0.1, -0.05) is 6.07 Å². The Balaban J connectivity index is 2.07. The summed E-state index contributed by atoms with van der Waals surface area (Å²) < 4.78 is 6.22. The summed E-state index contributed by atoms with van der Waals surface area (Å²) in [5.41, 5.74) is 1.34. The largest absolute Gasteiger partial charge is 0.496 e. The summed E-state index contributed by atoms with van der Waals surface area (Å²) in [5, 5.41) is 0. The predicted octanol–water partition coefficient (Wildman–Crippen LogP) is 2.66. The first-order chi connectivity index (χ1) is 6.79. The lowest BCUT2D eigenvalue weighted by molar-refractivity contribution is 0.172. The van der Waals surface area contributed by atoms with E-state index in [0.29, 0.717) is 0 Å². The molecule has 1 fully saturated rings.